The lowest BCUT2D eigenvalue weighted by molar-refractivity contribution is -0.127. The third-order valence-corrected chi connectivity index (χ3v) is 3.68. The van der Waals surface area contributed by atoms with Gasteiger partial charge in [-0.25, -0.2) is 4.98 Å². The molecular formula is C17H23N3O2. The molecule has 5 heteroatoms. The smallest absolute Gasteiger partial charge is 0.260 e. The number of aromatic nitrogens is 2. The first-order chi connectivity index (χ1) is 10.6. The third kappa shape index (κ3) is 4.35. The van der Waals surface area contributed by atoms with Gasteiger partial charge in [0.05, 0.1) is 6.33 Å². The first-order valence-corrected chi connectivity index (χ1v) is 7.54. The lowest BCUT2D eigenvalue weighted by Crippen LogP contribution is -2.37. The van der Waals surface area contributed by atoms with Gasteiger partial charge in [0.2, 0.25) is 0 Å². The standard InChI is InChI=1S/C17H23N3O2/c1-13-6-4-7-16(14(13)2)22-15(3)17(21)19-8-5-10-20-11-9-18-12-20/h4,6-7,9,11-12,15H,5,8,10H2,1-3H3,(H,19,21)/t15-/m0/s1. The summed E-state index contributed by atoms with van der Waals surface area (Å²) in [6.07, 6.45) is 5.78. The lowest BCUT2D eigenvalue weighted by Gasteiger charge is -2.17. The summed E-state index contributed by atoms with van der Waals surface area (Å²) in [5, 5.41) is 2.90. The van der Waals surface area contributed by atoms with Gasteiger partial charge in [-0.2, -0.15) is 0 Å². The fourth-order valence-electron chi connectivity index (χ4n) is 2.13. The van der Waals surface area contributed by atoms with E-state index in [1.54, 1.807) is 19.4 Å². The van der Waals surface area contributed by atoms with Gasteiger partial charge in [-0.3, -0.25) is 4.79 Å². The van der Waals surface area contributed by atoms with Crippen LogP contribution in [0.25, 0.3) is 0 Å². The van der Waals surface area contributed by atoms with Crippen LogP contribution < -0.4 is 10.1 Å². The van der Waals surface area contributed by atoms with E-state index in [0.717, 1.165) is 29.8 Å². The van der Waals surface area contributed by atoms with Crippen molar-refractivity contribution in [3.63, 3.8) is 0 Å². The van der Waals surface area contributed by atoms with Crippen molar-refractivity contribution in [2.45, 2.75) is 39.8 Å². The van der Waals surface area contributed by atoms with Crippen molar-refractivity contribution in [3.8, 4) is 5.75 Å². The van der Waals surface area contributed by atoms with Crippen molar-refractivity contribution in [2.75, 3.05) is 6.54 Å². The van der Waals surface area contributed by atoms with Gasteiger partial charge >= 0.3 is 0 Å². The minimum absolute atomic E-state index is 0.0912. The molecule has 0 bridgehead atoms. The molecule has 0 aliphatic rings. The van der Waals surface area contributed by atoms with Gasteiger partial charge in [-0.05, 0) is 44.4 Å². The van der Waals surface area contributed by atoms with E-state index in [-0.39, 0.29) is 5.91 Å². The van der Waals surface area contributed by atoms with Crippen LogP contribution in [0, 0.1) is 13.8 Å². The number of carbonyl (C=O) groups is 1. The summed E-state index contributed by atoms with van der Waals surface area (Å²) < 4.78 is 7.75. The summed E-state index contributed by atoms with van der Waals surface area (Å²) >= 11 is 0. The molecular weight excluding hydrogens is 278 g/mol. The van der Waals surface area contributed by atoms with E-state index in [0.29, 0.717) is 6.54 Å². The molecule has 0 aliphatic carbocycles. The van der Waals surface area contributed by atoms with Gasteiger partial charge in [0.25, 0.3) is 5.91 Å². The Balaban J connectivity index is 1.76. The molecule has 1 heterocycles. The molecule has 0 saturated heterocycles. The van der Waals surface area contributed by atoms with Crippen LogP contribution in [0.1, 0.15) is 24.5 Å². The van der Waals surface area contributed by atoms with Gasteiger partial charge in [-0.1, -0.05) is 12.1 Å². The number of nitrogens with zero attached hydrogens (tertiary/aromatic N) is 2. The normalized spacial score (nSPS) is 12.0. The second-order valence-electron chi connectivity index (χ2n) is 5.40. The molecule has 5 nitrogen and oxygen atoms in total. The summed E-state index contributed by atoms with van der Waals surface area (Å²) in [6, 6.07) is 5.86. The lowest BCUT2D eigenvalue weighted by atomic mass is 10.1. The number of amides is 1. The molecule has 22 heavy (non-hydrogen) atoms. The monoisotopic (exact) mass is 301 g/mol. The van der Waals surface area contributed by atoms with E-state index in [1.807, 2.05) is 42.8 Å². The maximum atomic E-state index is 12.0. The number of benzene rings is 1. The van der Waals surface area contributed by atoms with E-state index < -0.39 is 6.10 Å². The first-order valence-electron chi connectivity index (χ1n) is 7.54. The number of imidazole rings is 1. The Morgan fingerprint density at radius 3 is 2.95 bits per heavy atom. The molecule has 0 unspecified atom stereocenters. The number of hydrogen-bond acceptors (Lipinski definition) is 3. The molecule has 1 aromatic carbocycles. The van der Waals surface area contributed by atoms with Gasteiger partial charge in [-0.15, -0.1) is 0 Å². The highest BCUT2D eigenvalue weighted by Gasteiger charge is 2.15. The van der Waals surface area contributed by atoms with Crippen LogP contribution in [-0.4, -0.2) is 28.1 Å². The fourth-order valence-corrected chi connectivity index (χ4v) is 2.13. The number of hydrogen-bond donors (Lipinski definition) is 1. The van der Waals surface area contributed by atoms with E-state index in [2.05, 4.69) is 10.3 Å². The molecule has 0 radical (unpaired) electrons. The summed E-state index contributed by atoms with van der Waals surface area (Å²) in [5.41, 5.74) is 2.23. The maximum Gasteiger partial charge on any atom is 0.260 e. The van der Waals surface area contributed by atoms with E-state index in [9.17, 15) is 4.79 Å². The molecule has 1 atom stereocenters. The van der Waals surface area contributed by atoms with Crippen LogP contribution in [0.5, 0.6) is 5.75 Å². The fraction of sp³-hybridized carbons (Fsp3) is 0.412. The van der Waals surface area contributed by atoms with Crippen molar-refractivity contribution in [3.05, 3.63) is 48.0 Å². The number of rotatable bonds is 7. The average Bonchev–Trinajstić information content (AvgIpc) is 3.01. The highest BCUT2D eigenvalue weighted by Crippen LogP contribution is 2.21. The molecule has 1 aromatic heterocycles. The van der Waals surface area contributed by atoms with E-state index >= 15 is 0 Å². The third-order valence-electron chi connectivity index (χ3n) is 3.68. The van der Waals surface area contributed by atoms with Gasteiger partial charge in [0.1, 0.15) is 5.75 Å². The Bertz CT molecular complexity index is 608. The zero-order valence-electron chi connectivity index (χ0n) is 13.4. The summed E-state index contributed by atoms with van der Waals surface area (Å²) in [5.74, 6) is 0.674. The summed E-state index contributed by atoms with van der Waals surface area (Å²) in [4.78, 5) is 16.0. The highest BCUT2D eigenvalue weighted by atomic mass is 16.5. The van der Waals surface area contributed by atoms with Crippen molar-refractivity contribution < 1.29 is 9.53 Å². The van der Waals surface area contributed by atoms with Gasteiger partial charge < -0.3 is 14.6 Å². The zero-order chi connectivity index (χ0) is 15.9. The number of aryl methyl sites for hydroxylation is 2. The molecule has 1 amide bonds. The van der Waals surface area contributed by atoms with Gasteiger partial charge in [0.15, 0.2) is 6.10 Å². The zero-order valence-corrected chi connectivity index (χ0v) is 13.4. The quantitative estimate of drug-likeness (QED) is 0.799. The van der Waals surface area contributed by atoms with E-state index in [4.69, 9.17) is 4.74 Å². The number of carbonyl (C=O) groups excluding carboxylic acids is 1. The molecule has 118 valence electrons. The maximum absolute atomic E-state index is 12.0. The summed E-state index contributed by atoms with van der Waals surface area (Å²) in [6.45, 7) is 7.26. The number of nitrogens with one attached hydrogen (secondary N) is 1. The van der Waals surface area contributed by atoms with Crippen LogP contribution >= 0.6 is 0 Å². The molecule has 0 spiro atoms. The van der Waals surface area contributed by atoms with Crippen LogP contribution in [-0.2, 0) is 11.3 Å². The van der Waals surface area contributed by atoms with Crippen molar-refractivity contribution in [2.24, 2.45) is 0 Å². The predicted molar refractivity (Wildman–Crippen MR) is 85.9 cm³/mol. The molecule has 2 aromatic rings. The Labute approximate surface area is 131 Å². The van der Waals surface area contributed by atoms with Crippen LogP contribution in [0.3, 0.4) is 0 Å². The summed E-state index contributed by atoms with van der Waals surface area (Å²) in [7, 11) is 0. The molecule has 0 saturated carbocycles. The molecule has 2 rings (SSSR count). The SMILES string of the molecule is Cc1cccc(O[C@@H](C)C(=O)NCCCn2ccnc2)c1C. The van der Waals surface area contributed by atoms with Crippen molar-refractivity contribution in [1.82, 2.24) is 14.9 Å². The topological polar surface area (TPSA) is 56.1 Å². The Kier molecular flexibility index (Phi) is 5.58. The van der Waals surface area contributed by atoms with Crippen molar-refractivity contribution >= 4 is 5.91 Å². The predicted octanol–water partition coefficient (Wildman–Crippen LogP) is 2.47. The van der Waals surface area contributed by atoms with Crippen LogP contribution in [0.2, 0.25) is 0 Å². The molecule has 0 aliphatic heterocycles. The molecule has 0 fully saturated rings. The Morgan fingerprint density at radius 2 is 2.23 bits per heavy atom. The first kappa shape index (κ1) is 16.1. The molecule has 1 N–H and O–H groups in total. The van der Waals surface area contributed by atoms with Crippen molar-refractivity contribution in [1.29, 1.82) is 0 Å². The minimum atomic E-state index is -0.506. The minimum Gasteiger partial charge on any atom is -0.481 e. The van der Waals surface area contributed by atoms with Crippen LogP contribution in [0.4, 0.5) is 0 Å². The average molecular weight is 301 g/mol. The van der Waals surface area contributed by atoms with E-state index in [1.165, 1.54) is 0 Å². The second-order valence-corrected chi connectivity index (χ2v) is 5.40. The van der Waals surface area contributed by atoms with Gasteiger partial charge in [0, 0.05) is 25.5 Å². The Hall–Kier alpha value is -2.30. The second kappa shape index (κ2) is 7.64. The largest absolute Gasteiger partial charge is 0.481 e. The highest BCUT2D eigenvalue weighted by molar-refractivity contribution is 5.80. The van der Waals surface area contributed by atoms with Crippen LogP contribution in [0.15, 0.2) is 36.9 Å². The Morgan fingerprint density at radius 1 is 1.41 bits per heavy atom. The number of ether oxygens (including phenoxy) is 1.